The molecule has 43 heavy (non-hydrogen) atoms. The lowest BCUT2D eigenvalue weighted by Crippen LogP contribution is -2.57. The molecule has 1 heterocycles. The van der Waals surface area contributed by atoms with Crippen molar-refractivity contribution in [1.82, 2.24) is 20.9 Å². The predicted molar refractivity (Wildman–Crippen MR) is 169 cm³/mol. The number of carbonyl (C=O) groups is 3. The first-order valence-electron chi connectivity index (χ1n) is 15.8. The van der Waals surface area contributed by atoms with Crippen LogP contribution in [0.5, 0.6) is 0 Å². The first-order chi connectivity index (χ1) is 20.6. The fourth-order valence-electron chi connectivity index (χ4n) is 5.22. The number of hydrogen-bond donors (Lipinski definition) is 5. The van der Waals surface area contributed by atoms with Gasteiger partial charge in [-0.3, -0.25) is 19.4 Å². The summed E-state index contributed by atoms with van der Waals surface area (Å²) in [5, 5.41) is 31.0. The Morgan fingerprint density at radius 2 is 1.49 bits per heavy atom. The molecule has 238 valence electrons. The molecule has 9 nitrogen and oxygen atoms in total. The molecule has 0 fully saturated rings. The van der Waals surface area contributed by atoms with Gasteiger partial charge in [-0.05, 0) is 48.8 Å². The Hall–Kier alpha value is -3.30. The third-order valence-corrected chi connectivity index (χ3v) is 7.80. The summed E-state index contributed by atoms with van der Waals surface area (Å²) in [7, 11) is 0. The quantitative estimate of drug-likeness (QED) is 0.166. The number of rotatable bonds is 19. The van der Waals surface area contributed by atoms with Crippen molar-refractivity contribution in [3.63, 3.8) is 0 Å². The van der Waals surface area contributed by atoms with E-state index in [1.165, 1.54) is 6.20 Å². The highest BCUT2D eigenvalue weighted by atomic mass is 16.3. The van der Waals surface area contributed by atoms with Crippen LogP contribution < -0.4 is 16.0 Å². The number of carbonyl (C=O) groups excluding carboxylic acids is 3. The van der Waals surface area contributed by atoms with E-state index in [4.69, 9.17) is 0 Å². The Labute approximate surface area is 257 Å². The number of nitrogens with zero attached hydrogens (tertiary/aromatic N) is 1. The number of aliphatic hydroxyl groups is 2. The molecule has 0 spiro atoms. The molecule has 2 rings (SSSR count). The first-order valence-corrected chi connectivity index (χ1v) is 15.8. The maximum Gasteiger partial charge on any atom is 0.253 e. The van der Waals surface area contributed by atoms with Crippen molar-refractivity contribution in [2.45, 2.75) is 104 Å². The number of hydrogen-bond acceptors (Lipinski definition) is 6. The zero-order valence-corrected chi connectivity index (χ0v) is 26.5. The van der Waals surface area contributed by atoms with Gasteiger partial charge in [0.2, 0.25) is 11.8 Å². The van der Waals surface area contributed by atoms with E-state index in [1.807, 2.05) is 44.2 Å². The zero-order valence-electron chi connectivity index (χ0n) is 26.5. The van der Waals surface area contributed by atoms with Crippen molar-refractivity contribution in [2.24, 2.45) is 17.8 Å². The van der Waals surface area contributed by atoms with Crippen molar-refractivity contribution in [3.05, 3.63) is 66.0 Å². The van der Waals surface area contributed by atoms with Gasteiger partial charge in [-0.25, -0.2) is 0 Å². The molecule has 2 aromatic rings. The van der Waals surface area contributed by atoms with Crippen LogP contribution in [0.3, 0.4) is 0 Å². The molecule has 5 N–H and O–H groups in total. The Bertz CT molecular complexity index is 1090. The molecule has 3 amide bonds. The highest BCUT2D eigenvalue weighted by molar-refractivity contribution is 5.97. The molecular weight excluding hydrogens is 544 g/mol. The molecular formula is C34H52N4O5. The Morgan fingerprint density at radius 3 is 2.07 bits per heavy atom. The molecule has 0 bridgehead atoms. The van der Waals surface area contributed by atoms with Gasteiger partial charge in [-0.2, -0.15) is 0 Å². The van der Waals surface area contributed by atoms with E-state index in [2.05, 4.69) is 34.8 Å². The van der Waals surface area contributed by atoms with E-state index >= 15 is 0 Å². The first kappa shape index (κ1) is 35.9. The molecule has 9 heteroatoms. The fourth-order valence-corrected chi connectivity index (χ4v) is 5.22. The average Bonchev–Trinajstić information content (AvgIpc) is 3.01. The molecule has 0 saturated carbocycles. The van der Waals surface area contributed by atoms with Crippen molar-refractivity contribution < 1.29 is 24.6 Å². The van der Waals surface area contributed by atoms with Crippen molar-refractivity contribution in [3.8, 4) is 0 Å². The maximum atomic E-state index is 13.8. The molecule has 0 aliphatic heterocycles. The smallest absolute Gasteiger partial charge is 0.253 e. The van der Waals surface area contributed by atoms with Gasteiger partial charge in [-0.15, -0.1) is 0 Å². The Morgan fingerprint density at radius 1 is 0.814 bits per heavy atom. The van der Waals surface area contributed by atoms with E-state index in [9.17, 15) is 24.6 Å². The second-order valence-electron chi connectivity index (χ2n) is 12.0. The summed E-state index contributed by atoms with van der Waals surface area (Å²) in [5.41, 5.74) is 1.19. The molecule has 1 aromatic carbocycles. The van der Waals surface area contributed by atoms with E-state index in [-0.39, 0.29) is 18.2 Å². The van der Waals surface area contributed by atoms with Crippen molar-refractivity contribution in [1.29, 1.82) is 0 Å². The topological polar surface area (TPSA) is 141 Å². The van der Waals surface area contributed by atoms with Gasteiger partial charge < -0.3 is 26.2 Å². The third kappa shape index (κ3) is 12.5. The fraction of sp³-hybridized carbons (Fsp3) is 0.588. The highest BCUT2D eigenvalue weighted by Gasteiger charge is 2.36. The summed E-state index contributed by atoms with van der Waals surface area (Å²) in [6.07, 6.45) is 5.72. The van der Waals surface area contributed by atoms with Gasteiger partial charge in [0.1, 0.15) is 12.1 Å². The highest BCUT2D eigenvalue weighted by Crippen LogP contribution is 2.21. The van der Waals surface area contributed by atoms with E-state index in [0.717, 1.165) is 37.7 Å². The summed E-state index contributed by atoms with van der Waals surface area (Å²) >= 11 is 0. The van der Waals surface area contributed by atoms with Crippen LogP contribution >= 0.6 is 0 Å². The molecule has 0 radical (unpaired) electrons. The molecule has 0 aliphatic rings. The van der Waals surface area contributed by atoms with Gasteiger partial charge in [0, 0.05) is 18.9 Å². The summed E-state index contributed by atoms with van der Waals surface area (Å²) < 4.78 is 0. The molecule has 1 unspecified atom stereocenters. The summed E-state index contributed by atoms with van der Waals surface area (Å²) in [4.78, 5) is 43.6. The average molecular weight is 597 g/mol. The van der Waals surface area contributed by atoms with Crippen LogP contribution in [0.2, 0.25) is 0 Å². The minimum absolute atomic E-state index is 0.225. The van der Waals surface area contributed by atoms with Crippen LogP contribution in [0.1, 0.15) is 89.1 Å². The largest absolute Gasteiger partial charge is 0.390 e. The van der Waals surface area contributed by atoms with Gasteiger partial charge >= 0.3 is 0 Å². The number of nitrogens with one attached hydrogen (secondary N) is 3. The summed E-state index contributed by atoms with van der Waals surface area (Å²) in [5.74, 6) is -1.48. The van der Waals surface area contributed by atoms with E-state index in [0.29, 0.717) is 24.4 Å². The second-order valence-corrected chi connectivity index (χ2v) is 12.0. The second kappa shape index (κ2) is 19.1. The third-order valence-electron chi connectivity index (χ3n) is 7.80. The maximum absolute atomic E-state index is 13.8. The number of pyridine rings is 1. The minimum Gasteiger partial charge on any atom is -0.390 e. The van der Waals surface area contributed by atoms with Gasteiger partial charge in [-0.1, -0.05) is 90.6 Å². The van der Waals surface area contributed by atoms with Crippen LogP contribution in [0.25, 0.3) is 0 Å². The number of benzene rings is 1. The lowest BCUT2D eigenvalue weighted by molar-refractivity contribution is -0.133. The molecule has 5 atom stereocenters. The lowest BCUT2D eigenvalue weighted by atomic mass is 9.89. The zero-order chi connectivity index (χ0) is 31.8. The van der Waals surface area contributed by atoms with Gasteiger partial charge in [0.15, 0.2) is 0 Å². The van der Waals surface area contributed by atoms with Gasteiger partial charge in [0.25, 0.3) is 5.91 Å². The van der Waals surface area contributed by atoms with Crippen molar-refractivity contribution >= 4 is 17.7 Å². The number of aliphatic hydroxyl groups excluding tert-OH is 2. The molecule has 1 aromatic heterocycles. The van der Waals surface area contributed by atoms with Crippen LogP contribution in [0.4, 0.5) is 0 Å². The molecule has 0 saturated heterocycles. The normalized spacial score (nSPS) is 14.9. The van der Waals surface area contributed by atoms with Crippen molar-refractivity contribution in [2.75, 3.05) is 6.54 Å². The van der Waals surface area contributed by atoms with Crippen LogP contribution in [-0.4, -0.2) is 63.8 Å². The van der Waals surface area contributed by atoms with Crippen LogP contribution in [0, 0.1) is 17.8 Å². The summed E-state index contributed by atoms with van der Waals surface area (Å²) in [6, 6.07) is 10.9. The summed E-state index contributed by atoms with van der Waals surface area (Å²) in [6.45, 7) is 10.2. The standard InChI is InChI=1S/C34H52N4O5/c1-6-12-25(13-7-2)17-18-28(37-33(42)27-16-11-19-35-22-27)34(43)38-29(20-26-14-9-8-10-15-26)31(40)30(39)24(5)32(41)36-21-23(3)4/h8-11,14-16,19,22-25,28-31,39-40H,6-7,12-13,17-18,20-21H2,1-5H3,(H,36,41)(H,37,42)(H,38,43)/t24-,28?,29+,30-,31-/m1/s1. The predicted octanol–water partition coefficient (Wildman–Crippen LogP) is 4.03. The Kier molecular flexibility index (Phi) is 15.9. The van der Waals surface area contributed by atoms with E-state index < -0.39 is 42.0 Å². The number of aromatic nitrogens is 1. The SMILES string of the molecule is CCCC(CCC)CCC(NC(=O)c1cccnc1)C(=O)N[C@@H](Cc1ccccc1)[C@@H](O)[C@H](O)[C@@H](C)C(=O)NCC(C)C. The lowest BCUT2D eigenvalue weighted by Gasteiger charge is -2.32. The number of amides is 3. The van der Waals surface area contributed by atoms with Gasteiger partial charge in [0.05, 0.1) is 23.6 Å². The van der Waals surface area contributed by atoms with E-state index in [1.54, 1.807) is 25.3 Å². The van der Waals surface area contributed by atoms with Crippen LogP contribution in [-0.2, 0) is 16.0 Å². The van der Waals surface area contributed by atoms with Crippen LogP contribution in [0.15, 0.2) is 54.9 Å². The Balaban J connectivity index is 2.29. The molecule has 0 aliphatic carbocycles. The monoisotopic (exact) mass is 596 g/mol. The minimum atomic E-state index is -1.44.